The lowest BCUT2D eigenvalue weighted by Crippen LogP contribution is -2.57. The molecule has 6 rings (SSSR count). The number of alkyl halides is 1. The second-order valence-electron chi connectivity index (χ2n) is 13.5. The second kappa shape index (κ2) is 15.1. The van der Waals surface area contributed by atoms with E-state index in [0.29, 0.717) is 24.1 Å². The number of carbonyl (C=O) groups is 4. The Morgan fingerprint density at radius 1 is 1.08 bits per heavy atom. The summed E-state index contributed by atoms with van der Waals surface area (Å²) in [7, 11) is 1.68. The van der Waals surface area contributed by atoms with Crippen molar-refractivity contribution >= 4 is 56.1 Å². The lowest BCUT2D eigenvalue weighted by atomic mass is 9.70. The van der Waals surface area contributed by atoms with Crippen molar-refractivity contribution in [3.8, 4) is 0 Å². The smallest absolute Gasteiger partial charge is 0.313 e. The van der Waals surface area contributed by atoms with Crippen LogP contribution in [0.5, 0.6) is 0 Å². The highest BCUT2D eigenvalue weighted by atomic mass is 79.9. The highest BCUT2D eigenvalue weighted by molar-refractivity contribution is 9.09. The third-order valence-corrected chi connectivity index (χ3v) is 11.5. The Morgan fingerprint density at radius 3 is 2.47 bits per heavy atom. The van der Waals surface area contributed by atoms with Gasteiger partial charge in [0.2, 0.25) is 11.8 Å². The maximum Gasteiger partial charge on any atom is 0.313 e. The molecule has 3 saturated heterocycles. The van der Waals surface area contributed by atoms with Crippen LogP contribution in [0.4, 0.5) is 5.69 Å². The minimum atomic E-state index is -1.35. The molecule has 3 aromatic carbocycles. The SMILES string of the molecule is C=CCCC(=O)N(C)[C@@H](C)[C@@H](OC(=O)[C@H]1[C@@H]2O[C@@]3(CC2Br)[C@@H]1C(=O)N(CCO)[C@@H]3C(=O)N(CC=C)c1ccc2ccccc2c1)c1ccccc1. The van der Waals surface area contributed by atoms with Gasteiger partial charge in [0.1, 0.15) is 17.7 Å². The van der Waals surface area contributed by atoms with Crippen molar-refractivity contribution in [3.63, 3.8) is 0 Å². The van der Waals surface area contributed by atoms with E-state index in [0.717, 1.165) is 10.8 Å². The summed E-state index contributed by atoms with van der Waals surface area (Å²) in [5.41, 5.74) is -0.0350. The summed E-state index contributed by atoms with van der Waals surface area (Å²) in [4.78, 5) is 60.9. The van der Waals surface area contributed by atoms with Gasteiger partial charge in [0.05, 0.1) is 30.6 Å². The molecule has 268 valence electrons. The lowest BCUT2D eigenvalue weighted by molar-refractivity contribution is -0.164. The van der Waals surface area contributed by atoms with Crippen LogP contribution in [0, 0.1) is 11.8 Å². The summed E-state index contributed by atoms with van der Waals surface area (Å²) >= 11 is 3.72. The Morgan fingerprint density at radius 2 is 1.78 bits per heavy atom. The molecule has 0 saturated carbocycles. The van der Waals surface area contributed by atoms with Gasteiger partial charge in [-0.25, -0.2) is 0 Å². The summed E-state index contributed by atoms with van der Waals surface area (Å²) in [5, 5.41) is 12.1. The number of carbonyl (C=O) groups excluding carboxylic acids is 4. The van der Waals surface area contributed by atoms with E-state index in [1.54, 1.807) is 29.0 Å². The molecule has 3 aliphatic heterocycles. The number of hydrogen-bond donors (Lipinski definition) is 1. The summed E-state index contributed by atoms with van der Waals surface area (Å²) in [6.45, 7) is 9.09. The highest BCUT2D eigenvalue weighted by Crippen LogP contribution is 2.60. The lowest BCUT2D eigenvalue weighted by Gasteiger charge is -2.37. The summed E-state index contributed by atoms with van der Waals surface area (Å²) < 4.78 is 13.0. The Hall–Kier alpha value is -4.32. The number of likely N-dealkylation sites (tertiary alicyclic amines) is 1. The number of benzene rings is 3. The number of aliphatic hydroxyl groups is 1. The van der Waals surface area contributed by atoms with Gasteiger partial charge in [-0.3, -0.25) is 19.2 Å². The zero-order valence-electron chi connectivity index (χ0n) is 28.9. The first-order valence-corrected chi connectivity index (χ1v) is 18.3. The number of halogens is 1. The molecule has 3 aliphatic rings. The number of rotatable bonds is 14. The van der Waals surface area contributed by atoms with Crippen molar-refractivity contribution in [1.82, 2.24) is 9.80 Å². The van der Waals surface area contributed by atoms with Crippen molar-refractivity contribution in [3.05, 3.63) is 104 Å². The van der Waals surface area contributed by atoms with E-state index < -0.39 is 53.6 Å². The number of esters is 1. The van der Waals surface area contributed by atoms with Crippen LogP contribution in [-0.4, -0.2) is 94.0 Å². The van der Waals surface area contributed by atoms with Crippen LogP contribution in [-0.2, 0) is 28.7 Å². The number of ether oxygens (including phenoxy) is 2. The molecule has 11 heteroatoms. The van der Waals surface area contributed by atoms with E-state index in [1.165, 1.54) is 4.90 Å². The maximum absolute atomic E-state index is 14.8. The van der Waals surface area contributed by atoms with E-state index in [2.05, 4.69) is 29.1 Å². The highest BCUT2D eigenvalue weighted by Gasteiger charge is 2.77. The minimum absolute atomic E-state index is 0.114. The molecule has 3 fully saturated rings. The average Bonchev–Trinajstić information content (AvgIpc) is 3.74. The molecule has 2 bridgehead atoms. The number of nitrogens with zero attached hydrogens (tertiary/aromatic N) is 3. The number of β-amino-alcohol motifs (C(OH)–C–C–N with tert-alkyl or cyclic N) is 1. The largest absolute Gasteiger partial charge is 0.455 e. The molecule has 1 unspecified atom stereocenters. The number of likely N-dealkylation sites (N-methyl/N-ethyl adjacent to an activating group) is 1. The van der Waals surface area contributed by atoms with E-state index in [9.17, 15) is 24.3 Å². The van der Waals surface area contributed by atoms with Gasteiger partial charge in [0.15, 0.2) is 0 Å². The molecule has 0 aliphatic carbocycles. The van der Waals surface area contributed by atoms with Gasteiger partial charge in [-0.05, 0) is 48.2 Å². The molecule has 3 aromatic rings. The Balaban J connectivity index is 1.35. The standard InChI is InChI=1S/C40H44BrN3O7/c1-5-7-17-31(46)42(4)25(3)34(27-14-9-8-10-15-27)50-39(49)32-33-37(47)44(21-22-45)36(40(33)24-30(41)35(32)51-40)38(48)43(20-6-2)29-19-18-26-13-11-12-16-28(26)23-29/h5-6,8-16,18-19,23,25,30,32-36,45H,1-2,7,17,20-22,24H2,3-4H3/t25-,30?,32+,33-,34+,35+,36+,40-/m0/s1. The van der Waals surface area contributed by atoms with Crippen molar-refractivity contribution < 1.29 is 33.8 Å². The normalized spacial score (nSPS) is 26.0. The van der Waals surface area contributed by atoms with Gasteiger partial charge in [-0.1, -0.05) is 88.7 Å². The fourth-order valence-electron chi connectivity index (χ4n) is 8.09. The first-order valence-electron chi connectivity index (χ1n) is 17.3. The molecule has 1 N–H and O–H groups in total. The van der Waals surface area contributed by atoms with Crippen LogP contribution in [0.2, 0.25) is 0 Å². The average molecular weight is 759 g/mol. The number of amides is 3. The van der Waals surface area contributed by atoms with Gasteiger partial charge < -0.3 is 29.3 Å². The molecular formula is C40H44BrN3O7. The Kier molecular flexibility index (Phi) is 10.8. The van der Waals surface area contributed by atoms with Gasteiger partial charge in [-0.15, -0.1) is 13.2 Å². The van der Waals surface area contributed by atoms with Crippen LogP contribution in [0.3, 0.4) is 0 Å². The van der Waals surface area contributed by atoms with Crippen molar-refractivity contribution in [2.75, 3.05) is 31.6 Å². The zero-order chi connectivity index (χ0) is 36.4. The molecule has 1 spiro atoms. The first-order chi connectivity index (χ1) is 24.6. The summed E-state index contributed by atoms with van der Waals surface area (Å²) in [6.07, 6.45) is 2.79. The third-order valence-electron chi connectivity index (χ3n) is 10.6. The molecule has 10 nitrogen and oxygen atoms in total. The van der Waals surface area contributed by atoms with E-state index >= 15 is 0 Å². The third kappa shape index (κ3) is 6.51. The zero-order valence-corrected chi connectivity index (χ0v) is 30.5. The number of aliphatic hydroxyl groups excluding tert-OH is 1. The molecule has 8 atom stereocenters. The fraction of sp³-hybridized carbons (Fsp3) is 0.400. The van der Waals surface area contributed by atoms with Crippen LogP contribution in [0.25, 0.3) is 10.8 Å². The van der Waals surface area contributed by atoms with Gasteiger partial charge in [-0.2, -0.15) is 0 Å². The Bertz CT molecular complexity index is 1820. The molecule has 0 radical (unpaired) electrons. The molecule has 0 aromatic heterocycles. The summed E-state index contributed by atoms with van der Waals surface area (Å²) in [5.74, 6) is -3.66. The van der Waals surface area contributed by atoms with Gasteiger partial charge in [0.25, 0.3) is 5.91 Å². The van der Waals surface area contributed by atoms with E-state index in [1.807, 2.05) is 79.7 Å². The Labute approximate surface area is 306 Å². The quantitative estimate of drug-likeness (QED) is 0.137. The van der Waals surface area contributed by atoms with Crippen molar-refractivity contribution in [1.29, 1.82) is 0 Å². The minimum Gasteiger partial charge on any atom is -0.455 e. The van der Waals surface area contributed by atoms with Crippen LogP contribution < -0.4 is 4.90 Å². The molecular weight excluding hydrogens is 714 g/mol. The first kappa shape index (κ1) is 36.5. The van der Waals surface area contributed by atoms with E-state index in [-0.39, 0.29) is 42.8 Å². The molecule has 51 heavy (non-hydrogen) atoms. The predicted molar refractivity (Wildman–Crippen MR) is 198 cm³/mol. The predicted octanol–water partition coefficient (Wildman–Crippen LogP) is 5.20. The number of hydrogen-bond acceptors (Lipinski definition) is 7. The van der Waals surface area contributed by atoms with Crippen LogP contribution in [0.15, 0.2) is 98.1 Å². The number of allylic oxidation sites excluding steroid dienone is 1. The fourth-order valence-corrected chi connectivity index (χ4v) is 9.04. The summed E-state index contributed by atoms with van der Waals surface area (Å²) in [6, 6.07) is 21.1. The van der Waals surface area contributed by atoms with Crippen LogP contribution in [0.1, 0.15) is 37.9 Å². The molecule has 3 heterocycles. The number of fused-ring (bicyclic) bond motifs is 2. The second-order valence-corrected chi connectivity index (χ2v) is 14.7. The molecule has 3 amide bonds. The van der Waals surface area contributed by atoms with Crippen molar-refractivity contribution in [2.45, 2.75) is 60.9 Å². The van der Waals surface area contributed by atoms with E-state index in [4.69, 9.17) is 9.47 Å². The topological polar surface area (TPSA) is 117 Å². The van der Waals surface area contributed by atoms with Crippen molar-refractivity contribution in [2.24, 2.45) is 11.8 Å². The number of anilines is 1. The monoisotopic (exact) mass is 757 g/mol. The van der Waals surface area contributed by atoms with Gasteiger partial charge >= 0.3 is 5.97 Å². The van der Waals surface area contributed by atoms with Gasteiger partial charge in [0, 0.05) is 37.1 Å². The maximum atomic E-state index is 14.8. The van der Waals surface area contributed by atoms with Crippen LogP contribution >= 0.6 is 15.9 Å².